The monoisotopic (exact) mass is 364 g/mol. The Hall–Kier alpha value is -2.63. The van der Waals surface area contributed by atoms with Crippen LogP contribution in [0, 0.1) is 0 Å². The van der Waals surface area contributed by atoms with Gasteiger partial charge in [0.25, 0.3) is 6.43 Å². The molecule has 0 bridgehead atoms. The Labute approximate surface area is 151 Å². The molecule has 26 heavy (non-hydrogen) atoms. The largest absolute Gasteiger partial charge is 0.513 e. The van der Waals surface area contributed by atoms with E-state index in [0.717, 1.165) is 11.1 Å². The van der Waals surface area contributed by atoms with Crippen LogP contribution in [0.4, 0.5) is 13.6 Å². The van der Waals surface area contributed by atoms with Gasteiger partial charge in [0.15, 0.2) is 0 Å². The minimum atomic E-state index is -2.64. The number of ether oxygens (including phenoxy) is 3. The molecule has 2 aromatic rings. The van der Waals surface area contributed by atoms with Crippen molar-refractivity contribution >= 4 is 6.16 Å². The zero-order chi connectivity index (χ0) is 19.1. The minimum Gasteiger partial charge on any atom is -0.488 e. The molecule has 0 aliphatic rings. The third kappa shape index (κ3) is 4.71. The lowest BCUT2D eigenvalue weighted by molar-refractivity contribution is 0.120. The number of aryl methyl sites for hydroxylation is 2. The van der Waals surface area contributed by atoms with Crippen molar-refractivity contribution in [3.05, 3.63) is 58.7 Å². The van der Waals surface area contributed by atoms with Crippen molar-refractivity contribution in [2.75, 3.05) is 7.11 Å². The van der Waals surface area contributed by atoms with E-state index in [1.807, 2.05) is 19.9 Å². The Morgan fingerprint density at radius 3 is 2.46 bits per heavy atom. The molecule has 2 rings (SSSR count). The van der Waals surface area contributed by atoms with Gasteiger partial charge in [-0.2, -0.15) is 0 Å². The van der Waals surface area contributed by atoms with Crippen molar-refractivity contribution in [2.45, 2.75) is 39.7 Å². The number of alkyl halides is 2. The molecule has 0 fully saturated rings. The van der Waals surface area contributed by atoms with Gasteiger partial charge in [0, 0.05) is 5.56 Å². The molecule has 0 radical (unpaired) electrons. The normalized spacial score (nSPS) is 10.7. The van der Waals surface area contributed by atoms with Crippen LogP contribution in [0.15, 0.2) is 36.4 Å². The summed E-state index contributed by atoms with van der Waals surface area (Å²) in [6.07, 6.45) is -2.15. The van der Waals surface area contributed by atoms with E-state index in [0.29, 0.717) is 24.2 Å². The maximum absolute atomic E-state index is 13.3. The average molecular weight is 364 g/mol. The van der Waals surface area contributed by atoms with Crippen LogP contribution in [0.5, 0.6) is 11.5 Å². The predicted molar refractivity (Wildman–Crippen MR) is 94.0 cm³/mol. The highest BCUT2D eigenvalue weighted by atomic mass is 19.3. The van der Waals surface area contributed by atoms with Crippen LogP contribution < -0.4 is 9.47 Å². The number of hydrogen-bond donors (Lipinski definition) is 0. The summed E-state index contributed by atoms with van der Waals surface area (Å²) in [6, 6.07) is 10.0. The molecular weight excluding hydrogens is 342 g/mol. The summed E-state index contributed by atoms with van der Waals surface area (Å²) in [6.45, 7) is 3.85. The predicted octanol–water partition coefficient (Wildman–Crippen LogP) is 5.47. The summed E-state index contributed by atoms with van der Waals surface area (Å²) < 4.78 is 42.0. The summed E-state index contributed by atoms with van der Waals surface area (Å²) in [5.74, 6) is 0.409. The second-order valence-electron chi connectivity index (χ2n) is 5.62. The lowest BCUT2D eigenvalue weighted by Gasteiger charge is -2.16. The number of carbonyl (C=O) groups is 1. The molecule has 0 heterocycles. The van der Waals surface area contributed by atoms with E-state index in [2.05, 4.69) is 4.74 Å². The molecule has 0 saturated heterocycles. The lowest BCUT2D eigenvalue weighted by Crippen LogP contribution is -2.11. The fraction of sp³-hybridized carbons (Fsp3) is 0.350. The first-order valence-corrected chi connectivity index (χ1v) is 8.40. The Morgan fingerprint density at radius 1 is 1.08 bits per heavy atom. The van der Waals surface area contributed by atoms with E-state index in [1.54, 1.807) is 24.3 Å². The zero-order valence-corrected chi connectivity index (χ0v) is 15.1. The molecule has 0 atom stereocenters. The third-order valence-corrected chi connectivity index (χ3v) is 4.06. The molecule has 0 aromatic heterocycles. The topological polar surface area (TPSA) is 44.8 Å². The Kier molecular flexibility index (Phi) is 6.95. The molecule has 0 N–H and O–H groups in total. The van der Waals surface area contributed by atoms with Crippen LogP contribution in [0.1, 0.15) is 42.5 Å². The van der Waals surface area contributed by atoms with Gasteiger partial charge in [0.05, 0.1) is 12.7 Å². The minimum absolute atomic E-state index is 0.00152. The van der Waals surface area contributed by atoms with Gasteiger partial charge in [-0.05, 0) is 42.2 Å². The smallest absolute Gasteiger partial charge is 0.488 e. The van der Waals surface area contributed by atoms with E-state index in [4.69, 9.17) is 9.47 Å². The van der Waals surface area contributed by atoms with Crippen LogP contribution in [-0.2, 0) is 24.2 Å². The number of carbonyl (C=O) groups excluding carboxylic acids is 1. The van der Waals surface area contributed by atoms with E-state index in [-0.39, 0.29) is 17.9 Å². The van der Waals surface area contributed by atoms with Crippen LogP contribution in [-0.4, -0.2) is 13.3 Å². The molecule has 140 valence electrons. The van der Waals surface area contributed by atoms with E-state index >= 15 is 0 Å². The van der Waals surface area contributed by atoms with E-state index in [1.165, 1.54) is 13.2 Å². The van der Waals surface area contributed by atoms with Crippen molar-refractivity contribution in [1.29, 1.82) is 0 Å². The number of methoxy groups -OCH3 is 1. The first-order valence-electron chi connectivity index (χ1n) is 8.40. The highest BCUT2D eigenvalue weighted by molar-refractivity contribution is 5.64. The van der Waals surface area contributed by atoms with Crippen LogP contribution in [0.25, 0.3) is 0 Å². The van der Waals surface area contributed by atoms with Gasteiger partial charge < -0.3 is 14.2 Å². The first kappa shape index (κ1) is 19.7. The molecule has 0 unspecified atom stereocenters. The van der Waals surface area contributed by atoms with Crippen LogP contribution >= 0.6 is 0 Å². The molecule has 0 amide bonds. The average Bonchev–Trinajstić information content (AvgIpc) is 2.66. The van der Waals surface area contributed by atoms with Gasteiger partial charge in [0.2, 0.25) is 0 Å². The Morgan fingerprint density at radius 2 is 1.85 bits per heavy atom. The van der Waals surface area contributed by atoms with Crippen LogP contribution in [0.2, 0.25) is 0 Å². The van der Waals surface area contributed by atoms with Crippen molar-refractivity contribution in [3.63, 3.8) is 0 Å². The number of benzene rings is 2. The van der Waals surface area contributed by atoms with Gasteiger partial charge in [-0.3, -0.25) is 0 Å². The molecule has 4 nitrogen and oxygen atoms in total. The summed E-state index contributed by atoms with van der Waals surface area (Å²) in [5, 5.41) is 0. The third-order valence-electron chi connectivity index (χ3n) is 4.06. The second kappa shape index (κ2) is 9.17. The van der Waals surface area contributed by atoms with Crippen molar-refractivity contribution in [2.24, 2.45) is 0 Å². The quantitative estimate of drug-likeness (QED) is 0.482. The molecule has 0 aliphatic heterocycles. The fourth-order valence-electron chi connectivity index (χ4n) is 2.60. The highest BCUT2D eigenvalue weighted by Gasteiger charge is 2.17. The molecule has 0 aliphatic carbocycles. The molecule has 0 saturated carbocycles. The van der Waals surface area contributed by atoms with Gasteiger partial charge in [-0.15, -0.1) is 0 Å². The first-order chi connectivity index (χ1) is 12.5. The van der Waals surface area contributed by atoms with E-state index < -0.39 is 12.6 Å². The van der Waals surface area contributed by atoms with Crippen molar-refractivity contribution in [1.82, 2.24) is 0 Å². The molecular formula is C20H22F2O4. The summed E-state index contributed by atoms with van der Waals surface area (Å²) in [5.41, 5.74) is 2.19. The van der Waals surface area contributed by atoms with Gasteiger partial charge >= 0.3 is 6.16 Å². The Bertz CT molecular complexity index is 759. The summed E-state index contributed by atoms with van der Waals surface area (Å²) >= 11 is 0. The van der Waals surface area contributed by atoms with Gasteiger partial charge in [-0.25, -0.2) is 13.6 Å². The number of hydrogen-bond acceptors (Lipinski definition) is 4. The molecule has 2 aromatic carbocycles. The number of rotatable bonds is 7. The van der Waals surface area contributed by atoms with Crippen molar-refractivity contribution in [3.8, 4) is 11.5 Å². The van der Waals surface area contributed by atoms with Crippen molar-refractivity contribution < 1.29 is 27.8 Å². The maximum Gasteiger partial charge on any atom is 0.513 e. The lowest BCUT2D eigenvalue weighted by atomic mass is 10.0. The molecule has 6 heteroatoms. The second-order valence-corrected chi connectivity index (χ2v) is 5.62. The number of halogens is 2. The standard InChI is InChI=1S/C20H22F2O4/c1-4-13-9-10-17(15(11-13)19(21)22)25-12-16-14(5-2)7-6-8-18(16)26-20(23)24-3/h6-11,19H,4-5,12H2,1-3H3. The van der Waals surface area contributed by atoms with E-state index in [9.17, 15) is 13.6 Å². The SMILES string of the molecule is CCc1ccc(OCc2c(CC)cccc2OC(=O)OC)c(C(F)F)c1. The zero-order valence-electron chi connectivity index (χ0n) is 15.1. The Balaban J connectivity index is 2.30. The maximum atomic E-state index is 13.3. The molecule has 0 spiro atoms. The fourth-order valence-corrected chi connectivity index (χ4v) is 2.60. The van der Waals surface area contributed by atoms with Crippen LogP contribution in [0.3, 0.4) is 0 Å². The summed E-state index contributed by atoms with van der Waals surface area (Å²) in [7, 11) is 1.21. The van der Waals surface area contributed by atoms with Gasteiger partial charge in [-0.1, -0.05) is 32.0 Å². The highest BCUT2D eigenvalue weighted by Crippen LogP contribution is 2.32. The van der Waals surface area contributed by atoms with Gasteiger partial charge in [0.1, 0.15) is 18.1 Å². The summed E-state index contributed by atoms with van der Waals surface area (Å²) in [4.78, 5) is 11.4.